The first-order valence-electron chi connectivity index (χ1n) is 6.02. The van der Waals surface area contributed by atoms with Crippen molar-refractivity contribution >= 4 is 17.7 Å². The van der Waals surface area contributed by atoms with Gasteiger partial charge in [-0.3, -0.25) is 4.79 Å². The lowest BCUT2D eigenvalue weighted by atomic mass is 10.3. The molecule has 94 valence electrons. The van der Waals surface area contributed by atoms with Crippen molar-refractivity contribution in [2.24, 2.45) is 5.73 Å². The number of carbonyl (C=O) groups is 1. The Hall–Kier alpha value is -0.260. The van der Waals surface area contributed by atoms with Gasteiger partial charge in [0.2, 0.25) is 5.91 Å². The smallest absolute Gasteiger partial charge is 0.223 e. The summed E-state index contributed by atoms with van der Waals surface area (Å²) in [4.78, 5) is 13.7. The summed E-state index contributed by atoms with van der Waals surface area (Å²) >= 11 is 1.83. The van der Waals surface area contributed by atoms with Gasteiger partial charge in [-0.25, -0.2) is 0 Å². The average molecular weight is 245 g/mol. The molecule has 0 aromatic rings. The first-order valence-corrected chi connectivity index (χ1v) is 7.17. The summed E-state index contributed by atoms with van der Waals surface area (Å²) in [7, 11) is 0. The van der Waals surface area contributed by atoms with Gasteiger partial charge in [0.05, 0.1) is 0 Å². The number of nitrogens with one attached hydrogen (secondary N) is 1. The summed E-state index contributed by atoms with van der Waals surface area (Å²) in [6, 6.07) is 0.274. The summed E-state index contributed by atoms with van der Waals surface area (Å²) in [5, 5.41) is 3.25. The van der Waals surface area contributed by atoms with Crippen LogP contribution < -0.4 is 11.1 Å². The van der Waals surface area contributed by atoms with Crippen LogP contribution in [-0.2, 0) is 4.79 Å². The van der Waals surface area contributed by atoms with Gasteiger partial charge in [-0.05, 0) is 19.1 Å². The van der Waals surface area contributed by atoms with Crippen molar-refractivity contribution in [2.75, 3.05) is 37.7 Å². The van der Waals surface area contributed by atoms with Crippen molar-refractivity contribution in [2.45, 2.75) is 25.8 Å². The Morgan fingerprint density at radius 2 is 2.12 bits per heavy atom. The molecule has 0 radical (unpaired) electrons. The normalized spacial score (nSPS) is 18.5. The molecule has 0 aliphatic carbocycles. The zero-order chi connectivity index (χ0) is 11.8. The summed E-state index contributed by atoms with van der Waals surface area (Å²) in [5.74, 6) is 2.29. The molecule has 1 rings (SSSR count). The highest BCUT2D eigenvalue weighted by atomic mass is 32.2. The molecule has 1 aliphatic heterocycles. The summed E-state index contributed by atoms with van der Waals surface area (Å²) in [6.45, 7) is 5.62. The van der Waals surface area contributed by atoms with Crippen LogP contribution in [0, 0.1) is 0 Å². The molecule has 0 bridgehead atoms. The Morgan fingerprint density at radius 3 is 2.75 bits per heavy atom. The lowest BCUT2D eigenvalue weighted by molar-refractivity contribution is -0.131. The van der Waals surface area contributed by atoms with Crippen molar-refractivity contribution in [3.63, 3.8) is 0 Å². The van der Waals surface area contributed by atoms with E-state index in [2.05, 4.69) is 5.32 Å². The molecule has 1 atom stereocenters. The fourth-order valence-electron chi connectivity index (χ4n) is 1.60. The molecular formula is C11H23N3OS. The Labute approximate surface area is 102 Å². The van der Waals surface area contributed by atoms with Gasteiger partial charge >= 0.3 is 0 Å². The quantitative estimate of drug-likeness (QED) is 0.660. The molecule has 5 heteroatoms. The van der Waals surface area contributed by atoms with E-state index in [4.69, 9.17) is 5.73 Å². The maximum absolute atomic E-state index is 11.8. The fourth-order valence-corrected chi connectivity index (χ4v) is 2.66. The fraction of sp³-hybridized carbons (Fsp3) is 0.909. The molecule has 4 nitrogen and oxygen atoms in total. The largest absolute Gasteiger partial charge is 0.340 e. The number of amides is 1. The molecule has 0 aromatic heterocycles. The van der Waals surface area contributed by atoms with E-state index in [-0.39, 0.29) is 6.04 Å². The van der Waals surface area contributed by atoms with Gasteiger partial charge in [0.1, 0.15) is 0 Å². The Kier molecular flexibility index (Phi) is 6.84. The monoisotopic (exact) mass is 245 g/mol. The molecule has 1 amide bonds. The zero-order valence-corrected chi connectivity index (χ0v) is 10.9. The number of hydrogen-bond acceptors (Lipinski definition) is 4. The van der Waals surface area contributed by atoms with Crippen LogP contribution in [0.4, 0.5) is 0 Å². The van der Waals surface area contributed by atoms with E-state index in [0.29, 0.717) is 12.3 Å². The third-order valence-electron chi connectivity index (χ3n) is 2.65. The topological polar surface area (TPSA) is 58.4 Å². The zero-order valence-electron chi connectivity index (χ0n) is 10.1. The highest BCUT2D eigenvalue weighted by molar-refractivity contribution is 7.99. The van der Waals surface area contributed by atoms with Crippen molar-refractivity contribution in [1.29, 1.82) is 0 Å². The molecule has 0 spiro atoms. The number of carbonyl (C=O) groups excluding carboxylic acids is 1. The van der Waals surface area contributed by atoms with Gasteiger partial charge in [-0.2, -0.15) is 11.8 Å². The number of rotatable bonds is 6. The second-order valence-electron chi connectivity index (χ2n) is 4.26. The van der Waals surface area contributed by atoms with Gasteiger partial charge in [0.25, 0.3) is 0 Å². The number of nitrogens with two attached hydrogens (primary N) is 1. The Morgan fingerprint density at radius 1 is 1.44 bits per heavy atom. The Balaban J connectivity index is 2.01. The van der Waals surface area contributed by atoms with E-state index in [1.807, 2.05) is 23.6 Å². The van der Waals surface area contributed by atoms with Crippen molar-refractivity contribution in [3.8, 4) is 0 Å². The van der Waals surface area contributed by atoms with Gasteiger partial charge in [0, 0.05) is 44.4 Å². The molecule has 16 heavy (non-hydrogen) atoms. The van der Waals surface area contributed by atoms with Gasteiger partial charge < -0.3 is 16.0 Å². The molecule has 1 fully saturated rings. The van der Waals surface area contributed by atoms with Crippen molar-refractivity contribution in [1.82, 2.24) is 10.2 Å². The van der Waals surface area contributed by atoms with Crippen LogP contribution in [0.2, 0.25) is 0 Å². The van der Waals surface area contributed by atoms with Gasteiger partial charge in [0.15, 0.2) is 0 Å². The SMILES string of the molecule is CC(N)CCSCCC(=O)N1CCNCC1. The minimum atomic E-state index is 0.274. The molecule has 1 saturated heterocycles. The molecule has 3 N–H and O–H groups in total. The predicted octanol–water partition coefficient (Wildman–Crippen LogP) is 0.279. The van der Waals surface area contributed by atoms with Crippen LogP contribution in [0.25, 0.3) is 0 Å². The first-order chi connectivity index (χ1) is 7.70. The summed E-state index contributed by atoms with van der Waals surface area (Å²) in [5.41, 5.74) is 5.66. The van der Waals surface area contributed by atoms with Crippen LogP contribution >= 0.6 is 11.8 Å². The third-order valence-corrected chi connectivity index (χ3v) is 3.66. The number of piperazine rings is 1. The van der Waals surface area contributed by atoms with Crippen LogP contribution in [0.15, 0.2) is 0 Å². The van der Waals surface area contributed by atoms with Crippen molar-refractivity contribution in [3.05, 3.63) is 0 Å². The summed E-state index contributed by atoms with van der Waals surface area (Å²) < 4.78 is 0. The van der Waals surface area contributed by atoms with Crippen LogP contribution in [0.3, 0.4) is 0 Å². The minimum Gasteiger partial charge on any atom is -0.340 e. The molecule has 1 unspecified atom stereocenters. The maximum Gasteiger partial charge on any atom is 0.223 e. The Bertz CT molecular complexity index is 205. The lowest BCUT2D eigenvalue weighted by Crippen LogP contribution is -2.46. The molecular weight excluding hydrogens is 222 g/mol. The second kappa shape index (κ2) is 7.92. The highest BCUT2D eigenvalue weighted by Crippen LogP contribution is 2.07. The standard InChI is InChI=1S/C11H23N3OS/c1-10(12)2-8-16-9-3-11(15)14-6-4-13-5-7-14/h10,13H,2-9,12H2,1H3. The number of hydrogen-bond donors (Lipinski definition) is 2. The molecule has 0 aromatic carbocycles. The van der Waals surface area contributed by atoms with E-state index in [0.717, 1.165) is 44.1 Å². The van der Waals surface area contributed by atoms with E-state index >= 15 is 0 Å². The lowest BCUT2D eigenvalue weighted by Gasteiger charge is -2.27. The van der Waals surface area contributed by atoms with E-state index in [1.165, 1.54) is 0 Å². The van der Waals surface area contributed by atoms with Crippen LogP contribution in [0.5, 0.6) is 0 Å². The van der Waals surface area contributed by atoms with E-state index < -0.39 is 0 Å². The van der Waals surface area contributed by atoms with Gasteiger partial charge in [-0.15, -0.1) is 0 Å². The van der Waals surface area contributed by atoms with Crippen LogP contribution in [-0.4, -0.2) is 54.5 Å². The molecule has 0 saturated carbocycles. The average Bonchev–Trinajstić information content (AvgIpc) is 2.29. The summed E-state index contributed by atoms with van der Waals surface area (Å²) in [6.07, 6.45) is 1.70. The maximum atomic E-state index is 11.8. The third kappa shape index (κ3) is 5.72. The van der Waals surface area contributed by atoms with E-state index in [1.54, 1.807) is 0 Å². The van der Waals surface area contributed by atoms with E-state index in [9.17, 15) is 4.79 Å². The van der Waals surface area contributed by atoms with Crippen molar-refractivity contribution < 1.29 is 4.79 Å². The van der Waals surface area contributed by atoms with Crippen LogP contribution in [0.1, 0.15) is 19.8 Å². The minimum absolute atomic E-state index is 0.274. The number of thioether (sulfide) groups is 1. The first kappa shape index (κ1) is 13.8. The predicted molar refractivity (Wildman–Crippen MR) is 69.7 cm³/mol. The highest BCUT2D eigenvalue weighted by Gasteiger charge is 2.15. The molecule has 1 heterocycles. The number of nitrogens with zero attached hydrogens (tertiary/aromatic N) is 1. The molecule has 1 aliphatic rings. The van der Waals surface area contributed by atoms with Gasteiger partial charge in [-0.1, -0.05) is 0 Å². The second-order valence-corrected chi connectivity index (χ2v) is 5.48.